The van der Waals surface area contributed by atoms with Crippen molar-refractivity contribution in [3.63, 3.8) is 0 Å². The predicted octanol–water partition coefficient (Wildman–Crippen LogP) is 2.75. The number of benzene rings is 1. The van der Waals surface area contributed by atoms with E-state index in [2.05, 4.69) is 5.32 Å². The van der Waals surface area contributed by atoms with Crippen LogP contribution in [0.15, 0.2) is 29.8 Å². The molecule has 0 heterocycles. The largest absolute Gasteiger partial charge is 0.452 e. The maximum Gasteiger partial charge on any atom is 0.331 e. The molecule has 0 bridgehead atoms. The van der Waals surface area contributed by atoms with Crippen LogP contribution in [0.4, 0.5) is 5.69 Å². The number of anilines is 1. The second-order valence-electron chi connectivity index (χ2n) is 4.68. The van der Waals surface area contributed by atoms with Crippen molar-refractivity contribution < 1.29 is 14.3 Å². The van der Waals surface area contributed by atoms with Gasteiger partial charge in [-0.05, 0) is 51.0 Å². The second kappa shape index (κ2) is 6.73. The first kappa shape index (κ1) is 15.0. The zero-order valence-electron chi connectivity index (χ0n) is 11.7. The topological polar surface area (TPSA) is 55.4 Å². The van der Waals surface area contributed by atoms with E-state index < -0.39 is 5.97 Å². The standard InChI is InChI=1S/C15H19NO3/c1-10(2)7-15(18)19-9-14(17)16-13-6-5-11(3)12(4)8-13/h5-8H,9H2,1-4H3,(H,16,17). The van der Waals surface area contributed by atoms with Crippen LogP contribution in [0.1, 0.15) is 25.0 Å². The lowest BCUT2D eigenvalue weighted by atomic mass is 10.1. The molecule has 0 atom stereocenters. The molecule has 19 heavy (non-hydrogen) atoms. The Morgan fingerprint density at radius 1 is 1.21 bits per heavy atom. The number of hydrogen-bond acceptors (Lipinski definition) is 3. The Kier molecular flexibility index (Phi) is 5.30. The molecule has 1 aromatic rings. The molecule has 0 radical (unpaired) electrons. The Bertz CT molecular complexity index is 514. The highest BCUT2D eigenvalue weighted by atomic mass is 16.5. The molecule has 1 aromatic carbocycles. The van der Waals surface area contributed by atoms with Crippen LogP contribution in [0.5, 0.6) is 0 Å². The molecule has 102 valence electrons. The zero-order chi connectivity index (χ0) is 14.4. The molecule has 0 aliphatic heterocycles. The lowest BCUT2D eigenvalue weighted by Gasteiger charge is -2.07. The third-order valence-electron chi connectivity index (χ3n) is 2.54. The van der Waals surface area contributed by atoms with E-state index in [-0.39, 0.29) is 12.5 Å². The number of allylic oxidation sites excluding steroid dienone is 1. The maximum absolute atomic E-state index is 11.6. The fourth-order valence-corrected chi connectivity index (χ4v) is 1.43. The van der Waals surface area contributed by atoms with E-state index in [1.807, 2.05) is 32.0 Å². The van der Waals surface area contributed by atoms with Crippen molar-refractivity contribution in [3.05, 3.63) is 41.0 Å². The van der Waals surface area contributed by atoms with Crippen molar-refractivity contribution in [1.29, 1.82) is 0 Å². The smallest absolute Gasteiger partial charge is 0.331 e. The first-order valence-electron chi connectivity index (χ1n) is 6.07. The SMILES string of the molecule is CC(C)=CC(=O)OCC(=O)Nc1ccc(C)c(C)c1. The molecule has 0 unspecified atom stereocenters. The Morgan fingerprint density at radius 2 is 1.89 bits per heavy atom. The van der Waals surface area contributed by atoms with Gasteiger partial charge in [-0.1, -0.05) is 11.6 Å². The van der Waals surface area contributed by atoms with Gasteiger partial charge in [-0.3, -0.25) is 4.79 Å². The molecule has 0 saturated heterocycles. The summed E-state index contributed by atoms with van der Waals surface area (Å²) in [5.41, 5.74) is 3.79. The number of rotatable bonds is 4. The van der Waals surface area contributed by atoms with Crippen molar-refractivity contribution in [2.75, 3.05) is 11.9 Å². The Labute approximate surface area is 113 Å². The number of carbonyl (C=O) groups excluding carboxylic acids is 2. The van der Waals surface area contributed by atoms with Gasteiger partial charge in [0.15, 0.2) is 6.61 Å². The lowest BCUT2D eigenvalue weighted by molar-refractivity contribution is -0.142. The molecular weight excluding hydrogens is 242 g/mol. The normalized spacial score (nSPS) is 9.68. The zero-order valence-corrected chi connectivity index (χ0v) is 11.7. The van der Waals surface area contributed by atoms with Crippen molar-refractivity contribution in [1.82, 2.24) is 0 Å². The van der Waals surface area contributed by atoms with Gasteiger partial charge in [-0.2, -0.15) is 0 Å². The lowest BCUT2D eigenvalue weighted by Crippen LogP contribution is -2.20. The molecule has 4 heteroatoms. The van der Waals surface area contributed by atoms with E-state index in [1.54, 1.807) is 13.8 Å². The number of amides is 1. The van der Waals surface area contributed by atoms with Crippen LogP contribution in [0.25, 0.3) is 0 Å². The Morgan fingerprint density at radius 3 is 2.47 bits per heavy atom. The van der Waals surface area contributed by atoms with Crippen LogP contribution in [0.2, 0.25) is 0 Å². The number of ether oxygens (including phenoxy) is 1. The molecule has 0 spiro atoms. The quantitative estimate of drug-likeness (QED) is 0.669. The average molecular weight is 261 g/mol. The molecule has 0 aromatic heterocycles. The Balaban J connectivity index is 2.49. The van der Waals surface area contributed by atoms with Gasteiger partial charge in [0.05, 0.1) is 0 Å². The summed E-state index contributed by atoms with van der Waals surface area (Å²) < 4.78 is 4.81. The van der Waals surface area contributed by atoms with Crippen LogP contribution in [-0.2, 0) is 14.3 Å². The number of esters is 1. The van der Waals surface area contributed by atoms with Crippen LogP contribution in [0.3, 0.4) is 0 Å². The summed E-state index contributed by atoms with van der Waals surface area (Å²) in [4.78, 5) is 22.8. The van der Waals surface area contributed by atoms with Gasteiger partial charge in [-0.25, -0.2) is 4.79 Å². The summed E-state index contributed by atoms with van der Waals surface area (Å²) in [6, 6.07) is 5.63. The van der Waals surface area contributed by atoms with Crippen LogP contribution in [0, 0.1) is 13.8 Å². The summed E-state index contributed by atoms with van der Waals surface area (Å²) >= 11 is 0. The summed E-state index contributed by atoms with van der Waals surface area (Å²) in [5, 5.41) is 2.68. The van der Waals surface area contributed by atoms with Gasteiger partial charge < -0.3 is 10.1 Å². The van der Waals surface area contributed by atoms with Gasteiger partial charge in [-0.15, -0.1) is 0 Å². The molecular formula is C15H19NO3. The maximum atomic E-state index is 11.6. The van der Waals surface area contributed by atoms with E-state index in [1.165, 1.54) is 6.08 Å². The Hall–Kier alpha value is -2.10. The third-order valence-corrected chi connectivity index (χ3v) is 2.54. The van der Waals surface area contributed by atoms with E-state index in [9.17, 15) is 9.59 Å². The highest BCUT2D eigenvalue weighted by Crippen LogP contribution is 2.13. The molecule has 0 aliphatic rings. The third kappa shape index (κ3) is 5.38. The first-order valence-corrected chi connectivity index (χ1v) is 6.07. The highest BCUT2D eigenvalue weighted by molar-refractivity contribution is 5.93. The second-order valence-corrected chi connectivity index (χ2v) is 4.68. The highest BCUT2D eigenvalue weighted by Gasteiger charge is 2.06. The molecule has 1 rings (SSSR count). The number of nitrogens with one attached hydrogen (secondary N) is 1. The van der Waals surface area contributed by atoms with Crippen LogP contribution >= 0.6 is 0 Å². The van der Waals surface area contributed by atoms with E-state index in [0.29, 0.717) is 5.69 Å². The number of aryl methyl sites for hydroxylation is 2. The molecule has 0 fully saturated rings. The van der Waals surface area contributed by atoms with Crippen LogP contribution in [-0.4, -0.2) is 18.5 Å². The van der Waals surface area contributed by atoms with Gasteiger partial charge >= 0.3 is 5.97 Å². The van der Waals surface area contributed by atoms with Crippen molar-refractivity contribution in [2.24, 2.45) is 0 Å². The molecule has 1 amide bonds. The predicted molar refractivity (Wildman–Crippen MR) is 74.9 cm³/mol. The molecule has 0 saturated carbocycles. The van der Waals surface area contributed by atoms with E-state index in [4.69, 9.17) is 4.74 Å². The van der Waals surface area contributed by atoms with Crippen molar-refractivity contribution in [3.8, 4) is 0 Å². The minimum Gasteiger partial charge on any atom is -0.452 e. The summed E-state index contributed by atoms with van der Waals surface area (Å²) in [7, 11) is 0. The summed E-state index contributed by atoms with van der Waals surface area (Å²) in [5.74, 6) is -0.853. The minimum atomic E-state index is -0.504. The summed E-state index contributed by atoms with van der Waals surface area (Å²) in [6.45, 7) is 7.27. The van der Waals surface area contributed by atoms with Gasteiger partial charge in [0, 0.05) is 11.8 Å². The fourth-order valence-electron chi connectivity index (χ4n) is 1.43. The van der Waals surface area contributed by atoms with Gasteiger partial charge in [0.25, 0.3) is 5.91 Å². The van der Waals surface area contributed by atoms with E-state index in [0.717, 1.165) is 16.7 Å². The van der Waals surface area contributed by atoms with E-state index >= 15 is 0 Å². The first-order chi connectivity index (χ1) is 8.88. The van der Waals surface area contributed by atoms with Gasteiger partial charge in [0.1, 0.15) is 0 Å². The monoisotopic (exact) mass is 261 g/mol. The summed E-state index contributed by atoms with van der Waals surface area (Å²) in [6.07, 6.45) is 1.35. The fraction of sp³-hybridized carbons (Fsp3) is 0.333. The average Bonchev–Trinajstić information content (AvgIpc) is 2.30. The van der Waals surface area contributed by atoms with Crippen LogP contribution < -0.4 is 5.32 Å². The number of carbonyl (C=O) groups is 2. The van der Waals surface area contributed by atoms with Crippen molar-refractivity contribution >= 4 is 17.6 Å². The van der Waals surface area contributed by atoms with Crippen molar-refractivity contribution in [2.45, 2.75) is 27.7 Å². The minimum absolute atomic E-state index is 0.282. The molecule has 1 N–H and O–H groups in total. The number of hydrogen-bond donors (Lipinski definition) is 1. The molecule has 4 nitrogen and oxygen atoms in total. The van der Waals surface area contributed by atoms with Gasteiger partial charge in [0.2, 0.25) is 0 Å². The molecule has 0 aliphatic carbocycles.